The molecule has 0 spiro atoms. The monoisotopic (exact) mass is 472 g/mol. The lowest BCUT2D eigenvalue weighted by Crippen LogP contribution is -2.17. The van der Waals surface area contributed by atoms with Crippen LogP contribution < -0.4 is 14.8 Å². The van der Waals surface area contributed by atoms with Crippen LogP contribution >= 0.6 is 11.6 Å². The van der Waals surface area contributed by atoms with E-state index in [9.17, 15) is 13.2 Å². The van der Waals surface area contributed by atoms with Gasteiger partial charge in [-0.2, -0.15) is 0 Å². The first-order chi connectivity index (χ1) is 15.1. The summed E-state index contributed by atoms with van der Waals surface area (Å²) in [5, 5.41) is 3.15. The zero-order valence-corrected chi connectivity index (χ0v) is 19.9. The molecule has 0 fully saturated rings. The van der Waals surface area contributed by atoms with Crippen LogP contribution in [-0.4, -0.2) is 20.9 Å². The maximum Gasteiger partial charge on any atom is 0.261 e. The number of hydrogen-bond acceptors (Lipinski definition) is 4. The van der Waals surface area contributed by atoms with Crippen LogP contribution in [-0.2, 0) is 10.0 Å². The van der Waals surface area contributed by atoms with Crippen LogP contribution in [0.2, 0.25) is 5.02 Å². The highest BCUT2D eigenvalue weighted by atomic mass is 35.5. The second-order valence-corrected chi connectivity index (χ2v) is 9.55. The average molecular weight is 473 g/mol. The third-order valence-corrected chi connectivity index (χ3v) is 6.39. The van der Waals surface area contributed by atoms with Crippen molar-refractivity contribution in [2.24, 2.45) is 0 Å². The van der Waals surface area contributed by atoms with E-state index in [1.165, 1.54) is 24.3 Å². The molecule has 2 N–H and O–H groups in total. The molecular weight excluding hydrogens is 448 g/mol. The summed E-state index contributed by atoms with van der Waals surface area (Å²) in [6, 6.07) is 14.7. The summed E-state index contributed by atoms with van der Waals surface area (Å²) in [5.41, 5.74) is 3.83. The van der Waals surface area contributed by atoms with E-state index in [2.05, 4.69) is 10.0 Å². The number of rotatable bonds is 7. The van der Waals surface area contributed by atoms with Crippen molar-refractivity contribution in [3.63, 3.8) is 0 Å². The predicted molar refractivity (Wildman–Crippen MR) is 128 cm³/mol. The van der Waals surface area contributed by atoms with E-state index >= 15 is 0 Å². The summed E-state index contributed by atoms with van der Waals surface area (Å²) < 4.78 is 34.5. The fourth-order valence-electron chi connectivity index (χ4n) is 3.41. The smallest absolute Gasteiger partial charge is 0.261 e. The highest BCUT2D eigenvalue weighted by Gasteiger charge is 2.20. The van der Waals surface area contributed by atoms with Gasteiger partial charge in [-0.3, -0.25) is 9.52 Å². The lowest BCUT2D eigenvalue weighted by molar-refractivity contribution is 0.102. The Morgan fingerprint density at radius 3 is 2.31 bits per heavy atom. The highest BCUT2D eigenvalue weighted by Crippen LogP contribution is 2.31. The minimum atomic E-state index is -3.91. The number of carbonyl (C=O) groups is 1. The molecule has 6 nitrogen and oxygen atoms in total. The number of anilines is 2. The van der Waals surface area contributed by atoms with E-state index in [0.717, 1.165) is 16.7 Å². The van der Waals surface area contributed by atoms with Gasteiger partial charge in [0.1, 0.15) is 5.75 Å². The number of hydrogen-bond donors (Lipinski definition) is 2. The zero-order valence-electron chi connectivity index (χ0n) is 18.3. The summed E-state index contributed by atoms with van der Waals surface area (Å²) in [5.74, 6) is -0.0642. The Balaban J connectivity index is 1.96. The Morgan fingerprint density at radius 1 is 1.00 bits per heavy atom. The van der Waals surface area contributed by atoms with Crippen LogP contribution in [0.5, 0.6) is 5.75 Å². The van der Waals surface area contributed by atoms with Crippen LogP contribution in [0, 0.1) is 20.8 Å². The van der Waals surface area contributed by atoms with Crippen LogP contribution in [0.25, 0.3) is 0 Å². The fraction of sp³-hybridized carbons (Fsp3) is 0.208. The topological polar surface area (TPSA) is 84.5 Å². The molecule has 0 unspecified atom stereocenters. The Kier molecular flexibility index (Phi) is 7.11. The first kappa shape index (κ1) is 23.6. The lowest BCUT2D eigenvalue weighted by Gasteiger charge is -2.16. The molecule has 0 aliphatic carbocycles. The van der Waals surface area contributed by atoms with E-state index in [1.54, 1.807) is 25.1 Å². The number of aryl methyl sites for hydroxylation is 3. The highest BCUT2D eigenvalue weighted by molar-refractivity contribution is 7.92. The molecule has 0 aliphatic rings. The first-order valence-electron chi connectivity index (χ1n) is 10.0. The van der Waals surface area contributed by atoms with Crippen LogP contribution in [0.4, 0.5) is 11.4 Å². The van der Waals surface area contributed by atoms with E-state index in [0.29, 0.717) is 28.6 Å². The summed E-state index contributed by atoms with van der Waals surface area (Å²) in [7, 11) is -3.91. The molecule has 0 radical (unpaired) electrons. The van der Waals surface area contributed by atoms with Crippen molar-refractivity contribution in [1.82, 2.24) is 0 Å². The third kappa shape index (κ3) is 5.41. The Bertz CT molecular complexity index is 1250. The molecule has 32 heavy (non-hydrogen) atoms. The van der Waals surface area contributed by atoms with Crippen LogP contribution in [0.3, 0.4) is 0 Å². The van der Waals surface area contributed by atoms with Gasteiger partial charge in [0, 0.05) is 10.6 Å². The first-order valence-corrected chi connectivity index (χ1v) is 11.9. The van der Waals surface area contributed by atoms with Gasteiger partial charge in [0.05, 0.1) is 22.9 Å². The number of carbonyl (C=O) groups excluding carboxylic acids is 1. The molecule has 3 aromatic rings. The van der Waals surface area contributed by atoms with Crippen molar-refractivity contribution >= 4 is 38.9 Å². The van der Waals surface area contributed by atoms with Crippen molar-refractivity contribution in [2.45, 2.75) is 32.6 Å². The SMILES string of the molecule is CCOc1ccc(S(=O)(=O)Nc2c(C)cc(C)cc2C)cc1NC(=O)c1cccc(Cl)c1. The minimum Gasteiger partial charge on any atom is -0.492 e. The number of amides is 1. The van der Waals surface area contributed by atoms with Gasteiger partial charge in [0.2, 0.25) is 0 Å². The molecule has 1 amide bonds. The Labute approximate surface area is 193 Å². The number of ether oxygens (including phenoxy) is 1. The maximum atomic E-state index is 13.1. The van der Waals surface area contributed by atoms with Gasteiger partial charge < -0.3 is 10.1 Å². The summed E-state index contributed by atoms with van der Waals surface area (Å²) in [4.78, 5) is 12.7. The van der Waals surface area contributed by atoms with E-state index in [1.807, 2.05) is 32.9 Å². The standard InChI is InChI=1S/C24H25ClN2O4S/c1-5-31-22-10-9-20(14-21(22)26-24(28)18-7-6-8-19(25)13-18)32(29,30)27-23-16(3)11-15(2)12-17(23)4/h6-14,27H,5H2,1-4H3,(H,26,28). The molecule has 0 aliphatic heterocycles. The molecule has 0 bridgehead atoms. The molecule has 3 rings (SSSR count). The molecule has 0 saturated carbocycles. The van der Waals surface area contributed by atoms with E-state index < -0.39 is 15.9 Å². The van der Waals surface area contributed by atoms with E-state index in [-0.39, 0.29) is 10.6 Å². The molecule has 0 aromatic heterocycles. The summed E-state index contributed by atoms with van der Waals surface area (Å²) >= 11 is 5.98. The maximum absolute atomic E-state index is 13.1. The zero-order chi connectivity index (χ0) is 23.5. The van der Waals surface area contributed by atoms with Crippen molar-refractivity contribution in [3.8, 4) is 5.75 Å². The Hall–Kier alpha value is -3.03. The normalized spacial score (nSPS) is 11.2. The third-order valence-electron chi connectivity index (χ3n) is 4.81. The Morgan fingerprint density at radius 2 is 1.69 bits per heavy atom. The van der Waals surface area contributed by atoms with Gasteiger partial charge in [-0.15, -0.1) is 0 Å². The summed E-state index contributed by atoms with van der Waals surface area (Å²) in [6.45, 7) is 7.82. The fourth-order valence-corrected chi connectivity index (χ4v) is 4.83. The summed E-state index contributed by atoms with van der Waals surface area (Å²) in [6.07, 6.45) is 0. The molecule has 0 atom stereocenters. The van der Waals surface area contributed by atoms with Gasteiger partial charge in [-0.1, -0.05) is 35.4 Å². The number of benzene rings is 3. The average Bonchev–Trinajstić information content (AvgIpc) is 2.72. The molecular formula is C24H25ClN2O4S. The van der Waals surface area contributed by atoms with Crippen LogP contribution in [0.1, 0.15) is 34.0 Å². The van der Waals surface area contributed by atoms with Gasteiger partial charge in [-0.05, 0) is 75.2 Å². The van der Waals surface area contributed by atoms with Crippen molar-refractivity contribution in [1.29, 1.82) is 0 Å². The van der Waals surface area contributed by atoms with Crippen molar-refractivity contribution < 1.29 is 17.9 Å². The second kappa shape index (κ2) is 9.63. The van der Waals surface area contributed by atoms with Gasteiger partial charge in [0.25, 0.3) is 15.9 Å². The largest absolute Gasteiger partial charge is 0.492 e. The molecule has 0 heterocycles. The van der Waals surface area contributed by atoms with Crippen LogP contribution in [0.15, 0.2) is 59.5 Å². The van der Waals surface area contributed by atoms with Gasteiger partial charge >= 0.3 is 0 Å². The van der Waals surface area contributed by atoms with Crippen molar-refractivity contribution in [2.75, 3.05) is 16.6 Å². The molecule has 8 heteroatoms. The minimum absolute atomic E-state index is 0.00159. The predicted octanol–water partition coefficient (Wildman–Crippen LogP) is 5.72. The number of halogens is 1. The number of sulfonamides is 1. The second-order valence-electron chi connectivity index (χ2n) is 7.43. The molecule has 0 saturated heterocycles. The molecule has 3 aromatic carbocycles. The van der Waals surface area contributed by atoms with Gasteiger partial charge in [0.15, 0.2) is 0 Å². The van der Waals surface area contributed by atoms with E-state index in [4.69, 9.17) is 16.3 Å². The molecule has 168 valence electrons. The van der Waals surface area contributed by atoms with Crippen molar-refractivity contribution in [3.05, 3.63) is 81.9 Å². The quantitative estimate of drug-likeness (QED) is 0.460. The van der Waals surface area contributed by atoms with Gasteiger partial charge in [-0.25, -0.2) is 8.42 Å². The lowest BCUT2D eigenvalue weighted by atomic mass is 10.1. The number of nitrogens with one attached hydrogen (secondary N) is 2.